The molecule has 0 fully saturated rings. The lowest BCUT2D eigenvalue weighted by atomic mass is 9.93. The maximum Gasteiger partial charge on any atom is 0.331 e. The van der Waals surface area contributed by atoms with Crippen molar-refractivity contribution in [1.82, 2.24) is 9.71 Å². The van der Waals surface area contributed by atoms with E-state index in [1.54, 1.807) is 0 Å². The third-order valence-corrected chi connectivity index (χ3v) is 9.22. The van der Waals surface area contributed by atoms with E-state index in [4.69, 9.17) is 4.78 Å². The summed E-state index contributed by atoms with van der Waals surface area (Å²) in [6, 6.07) is 1.55. The lowest BCUT2D eigenvalue weighted by Gasteiger charge is -2.18. The van der Waals surface area contributed by atoms with E-state index in [1.807, 2.05) is 0 Å². The van der Waals surface area contributed by atoms with Crippen LogP contribution < -0.4 is 10.0 Å². The number of rotatable bonds is 5. The topological polar surface area (TPSA) is 159 Å². The summed E-state index contributed by atoms with van der Waals surface area (Å²) in [6.45, 7) is 2.42. The van der Waals surface area contributed by atoms with Gasteiger partial charge in [0.25, 0.3) is 0 Å². The van der Waals surface area contributed by atoms with Crippen LogP contribution in [0.15, 0.2) is 4.21 Å². The number of anilines is 1. The highest BCUT2D eigenvalue weighted by molar-refractivity contribution is 7.93. The summed E-state index contributed by atoms with van der Waals surface area (Å²) in [5.41, 5.74) is 3.92. The highest BCUT2D eigenvalue weighted by atomic mass is 32.2. The Morgan fingerprint density at radius 3 is 2.28 bits per heavy atom. The first-order valence-electron chi connectivity index (χ1n) is 10.4. The summed E-state index contributed by atoms with van der Waals surface area (Å²) >= 11 is 0.829. The van der Waals surface area contributed by atoms with Crippen LogP contribution in [0.1, 0.15) is 65.2 Å². The smallest absolute Gasteiger partial charge is 0.331 e. The number of nitrogens with zero attached hydrogens (tertiary/aromatic N) is 2. The average molecular weight is 476 g/mol. The SMILES string of the molecule is CC(C)(O)c1nc(CO)c([S@](=N)(=O)NC(=O)Nc2c3c(c(C#N)c4c2CCC4)CCC3)s1. The van der Waals surface area contributed by atoms with E-state index in [2.05, 4.69) is 21.1 Å². The zero-order valence-corrected chi connectivity index (χ0v) is 19.5. The Bertz CT molecular complexity index is 1220. The largest absolute Gasteiger partial charge is 0.390 e. The van der Waals surface area contributed by atoms with Gasteiger partial charge in [0.1, 0.15) is 14.8 Å². The van der Waals surface area contributed by atoms with Crippen molar-refractivity contribution in [1.29, 1.82) is 10.0 Å². The van der Waals surface area contributed by atoms with E-state index in [9.17, 15) is 24.5 Å². The molecule has 9 nitrogen and oxygen atoms in total. The molecule has 2 amide bonds. The summed E-state index contributed by atoms with van der Waals surface area (Å²) in [5.74, 6) is 0. The van der Waals surface area contributed by atoms with Crippen LogP contribution in [-0.2, 0) is 47.8 Å². The van der Waals surface area contributed by atoms with Crippen molar-refractivity contribution in [2.75, 3.05) is 5.32 Å². The maximum absolute atomic E-state index is 13.1. The van der Waals surface area contributed by atoms with E-state index >= 15 is 0 Å². The van der Waals surface area contributed by atoms with Crippen molar-refractivity contribution in [3.8, 4) is 6.07 Å². The number of aliphatic hydroxyl groups excluding tert-OH is 1. The fourth-order valence-corrected chi connectivity index (χ4v) is 6.97. The van der Waals surface area contributed by atoms with E-state index in [-0.39, 0.29) is 14.9 Å². The number of carbonyl (C=O) groups excluding carboxylic acids is 1. The molecule has 0 bridgehead atoms. The van der Waals surface area contributed by atoms with Gasteiger partial charge in [0.15, 0.2) is 9.92 Å². The number of hydrogen-bond donors (Lipinski definition) is 5. The molecule has 5 N–H and O–H groups in total. The summed E-state index contributed by atoms with van der Waals surface area (Å²) in [4.78, 5) is 16.9. The molecule has 0 saturated heterocycles. The Morgan fingerprint density at radius 1 is 1.22 bits per heavy atom. The van der Waals surface area contributed by atoms with Gasteiger partial charge in [-0.1, -0.05) is 0 Å². The Kier molecular flexibility index (Phi) is 5.75. The third kappa shape index (κ3) is 3.88. The molecule has 0 saturated carbocycles. The number of carbonyl (C=O) groups is 1. The zero-order chi connectivity index (χ0) is 23.3. The van der Waals surface area contributed by atoms with Crippen LogP contribution >= 0.6 is 11.3 Å². The van der Waals surface area contributed by atoms with Crippen LogP contribution in [0.2, 0.25) is 0 Å². The first-order chi connectivity index (χ1) is 15.1. The molecular weight excluding hydrogens is 450 g/mol. The molecule has 0 aliphatic heterocycles. The molecule has 2 aromatic rings. The molecule has 1 heterocycles. The number of benzene rings is 1. The van der Waals surface area contributed by atoms with Gasteiger partial charge in [-0.05, 0) is 74.6 Å². The first kappa shape index (κ1) is 22.7. The van der Waals surface area contributed by atoms with Gasteiger partial charge in [-0.15, -0.1) is 11.3 Å². The van der Waals surface area contributed by atoms with E-state index in [1.165, 1.54) is 13.8 Å². The highest BCUT2D eigenvalue weighted by Gasteiger charge is 2.31. The monoisotopic (exact) mass is 475 g/mol. The van der Waals surface area contributed by atoms with E-state index in [0.29, 0.717) is 5.69 Å². The first-order valence-corrected chi connectivity index (χ1v) is 12.7. The molecular formula is C21H25N5O4S2. The van der Waals surface area contributed by atoms with Gasteiger partial charge >= 0.3 is 6.03 Å². The van der Waals surface area contributed by atoms with Crippen molar-refractivity contribution in [3.05, 3.63) is 38.5 Å². The van der Waals surface area contributed by atoms with Crippen LogP contribution in [0.4, 0.5) is 10.5 Å². The molecule has 1 atom stereocenters. The van der Waals surface area contributed by atoms with Crippen LogP contribution in [0, 0.1) is 16.1 Å². The minimum Gasteiger partial charge on any atom is -0.390 e. The van der Waals surface area contributed by atoms with Gasteiger partial charge in [-0.25, -0.2) is 23.5 Å². The number of hydrogen-bond acceptors (Lipinski definition) is 8. The number of aliphatic hydroxyl groups is 2. The molecule has 2 aliphatic carbocycles. The molecule has 0 spiro atoms. The van der Waals surface area contributed by atoms with Crippen LogP contribution in [-0.4, -0.2) is 25.4 Å². The van der Waals surface area contributed by atoms with Crippen molar-refractivity contribution in [2.45, 2.75) is 68.8 Å². The lowest BCUT2D eigenvalue weighted by molar-refractivity contribution is 0.0779. The highest BCUT2D eigenvalue weighted by Crippen LogP contribution is 2.41. The number of amides is 2. The van der Waals surface area contributed by atoms with Crippen molar-refractivity contribution in [3.63, 3.8) is 0 Å². The predicted molar refractivity (Wildman–Crippen MR) is 120 cm³/mol. The van der Waals surface area contributed by atoms with Crippen molar-refractivity contribution >= 4 is 33.0 Å². The molecule has 0 unspecified atom stereocenters. The molecule has 1 aromatic heterocycles. The second-order valence-corrected chi connectivity index (χ2v) is 11.5. The van der Waals surface area contributed by atoms with Crippen LogP contribution in [0.3, 0.4) is 0 Å². The summed E-state index contributed by atoms with van der Waals surface area (Å²) < 4.78 is 23.5. The molecule has 2 aliphatic rings. The molecule has 1 aromatic carbocycles. The Morgan fingerprint density at radius 2 is 1.78 bits per heavy atom. The lowest BCUT2D eigenvalue weighted by Crippen LogP contribution is -2.34. The second kappa shape index (κ2) is 8.12. The van der Waals surface area contributed by atoms with E-state index in [0.717, 1.165) is 77.7 Å². The number of nitrogens with one attached hydrogen (secondary N) is 3. The number of fused-ring (bicyclic) bond motifs is 2. The van der Waals surface area contributed by atoms with Crippen molar-refractivity contribution in [2.24, 2.45) is 0 Å². The molecule has 32 heavy (non-hydrogen) atoms. The van der Waals surface area contributed by atoms with Gasteiger partial charge < -0.3 is 15.5 Å². The standard InChI is InChI=1S/C21H25N5O4S2/c1-21(2,29)19-24-16(10-27)18(31-19)32(23,30)26-20(28)25-17-13-7-3-5-11(13)15(9-22)12-6-4-8-14(12)17/h27,29H,3-8,10H2,1-2H3,(H3,23,25,26,28,30)/t32-/m1/s1. The second-order valence-electron chi connectivity index (χ2n) is 8.57. The van der Waals surface area contributed by atoms with E-state index < -0.39 is 28.2 Å². The van der Waals surface area contributed by atoms with Crippen molar-refractivity contribution < 1.29 is 19.2 Å². The summed E-state index contributed by atoms with van der Waals surface area (Å²) in [5, 5.41) is 32.4. The number of nitriles is 1. The predicted octanol–water partition coefficient (Wildman–Crippen LogP) is 2.85. The number of aromatic nitrogens is 1. The maximum atomic E-state index is 13.1. The van der Waals surface area contributed by atoms with Gasteiger partial charge in [-0.2, -0.15) is 5.26 Å². The molecule has 4 rings (SSSR count). The van der Waals surface area contributed by atoms with Crippen LogP contribution in [0.25, 0.3) is 0 Å². The summed E-state index contributed by atoms with van der Waals surface area (Å²) in [7, 11) is -3.83. The Balaban J connectivity index is 1.65. The number of urea groups is 1. The normalized spacial score (nSPS) is 16.7. The fraction of sp³-hybridized carbons (Fsp3) is 0.476. The van der Waals surface area contributed by atoms with Crippen LogP contribution in [0.5, 0.6) is 0 Å². The Hall–Kier alpha value is -2.52. The van der Waals surface area contributed by atoms with Gasteiger partial charge in [-0.3, -0.25) is 0 Å². The minimum absolute atomic E-state index is 0.00687. The minimum atomic E-state index is -3.83. The molecule has 0 radical (unpaired) electrons. The Labute approximate surface area is 190 Å². The quantitative estimate of drug-likeness (QED) is 0.447. The average Bonchev–Trinajstić information content (AvgIpc) is 3.45. The fourth-order valence-electron chi connectivity index (χ4n) is 4.48. The molecule has 170 valence electrons. The van der Waals surface area contributed by atoms with Gasteiger partial charge in [0.2, 0.25) is 0 Å². The summed E-state index contributed by atoms with van der Waals surface area (Å²) in [6.07, 6.45) is 4.88. The molecule has 11 heteroatoms. The third-order valence-electron chi connectivity index (χ3n) is 5.83. The number of thiazole rings is 1. The van der Waals surface area contributed by atoms with Gasteiger partial charge in [0, 0.05) is 5.69 Å². The van der Waals surface area contributed by atoms with Gasteiger partial charge in [0.05, 0.1) is 23.9 Å². The zero-order valence-electron chi connectivity index (χ0n) is 17.9.